The highest BCUT2D eigenvalue weighted by molar-refractivity contribution is 5.80. The van der Waals surface area contributed by atoms with Gasteiger partial charge in [0.05, 0.1) is 18.8 Å². The summed E-state index contributed by atoms with van der Waals surface area (Å²) in [6, 6.07) is -0.790. The van der Waals surface area contributed by atoms with Crippen LogP contribution in [0.4, 0.5) is 0 Å². The van der Waals surface area contributed by atoms with Gasteiger partial charge in [0.15, 0.2) is 0 Å². The van der Waals surface area contributed by atoms with Crippen molar-refractivity contribution in [2.75, 3.05) is 6.61 Å². The number of carbonyl (C=O) groups excluding carboxylic acids is 1. The van der Waals surface area contributed by atoms with E-state index in [4.69, 9.17) is 0 Å². The molecule has 0 aromatic heterocycles. The van der Waals surface area contributed by atoms with Crippen LogP contribution in [0.1, 0.15) is 206 Å². The summed E-state index contributed by atoms with van der Waals surface area (Å²) >= 11 is 0. The Kier molecular flexibility index (Phi) is 34.2. The number of nitrogens with one attached hydrogen (secondary N) is 1. The maximum atomic E-state index is 12.3. The number of hydrogen-bond donors (Lipinski definition) is 4. The second-order valence-electron chi connectivity index (χ2n) is 13.5. The number of unbranched alkanes of at least 4 members (excludes halogenated alkanes) is 27. The van der Waals surface area contributed by atoms with Gasteiger partial charge in [-0.1, -0.05) is 199 Å². The SMILES string of the molecule is CCCCCCCCCCCCCCCCCCCCCC/C=C/C(O)C(CO)NC(=O)C(O)CCCCCCCCCC. The first-order valence-corrected chi connectivity index (χ1v) is 19.5. The van der Waals surface area contributed by atoms with Crippen molar-refractivity contribution in [1.29, 1.82) is 0 Å². The normalized spacial score (nSPS) is 13.8. The van der Waals surface area contributed by atoms with Gasteiger partial charge in [-0.2, -0.15) is 0 Å². The first-order valence-electron chi connectivity index (χ1n) is 19.5. The maximum Gasteiger partial charge on any atom is 0.249 e. The van der Waals surface area contributed by atoms with Gasteiger partial charge in [-0.25, -0.2) is 0 Å². The molecule has 0 aromatic rings. The van der Waals surface area contributed by atoms with E-state index in [-0.39, 0.29) is 6.61 Å². The van der Waals surface area contributed by atoms with E-state index in [1.54, 1.807) is 6.08 Å². The first kappa shape index (κ1) is 43.1. The van der Waals surface area contributed by atoms with Crippen molar-refractivity contribution in [2.45, 2.75) is 225 Å². The largest absolute Gasteiger partial charge is 0.394 e. The van der Waals surface area contributed by atoms with Crippen LogP contribution in [0.5, 0.6) is 0 Å². The summed E-state index contributed by atoms with van der Waals surface area (Å²) in [6.07, 6.45) is 39.7. The molecule has 4 N–H and O–H groups in total. The van der Waals surface area contributed by atoms with E-state index in [9.17, 15) is 20.1 Å². The Bertz CT molecular complexity index is 611. The summed E-state index contributed by atoms with van der Waals surface area (Å²) in [6.45, 7) is 4.14. The van der Waals surface area contributed by atoms with Gasteiger partial charge >= 0.3 is 0 Å². The Hall–Kier alpha value is -0.910. The molecule has 1 amide bonds. The number of carbonyl (C=O) groups is 1. The molecule has 0 aliphatic heterocycles. The highest BCUT2D eigenvalue weighted by Gasteiger charge is 2.22. The van der Waals surface area contributed by atoms with E-state index in [1.807, 2.05) is 6.08 Å². The molecule has 0 spiro atoms. The molecule has 0 radical (unpaired) electrons. The van der Waals surface area contributed by atoms with E-state index in [2.05, 4.69) is 19.2 Å². The number of aliphatic hydroxyl groups excluding tert-OH is 3. The van der Waals surface area contributed by atoms with Crippen molar-refractivity contribution >= 4 is 5.91 Å². The van der Waals surface area contributed by atoms with Gasteiger partial charge in [-0.3, -0.25) is 4.79 Å². The summed E-state index contributed by atoms with van der Waals surface area (Å²) in [5.74, 6) is -0.506. The molecule has 0 saturated carbocycles. The second kappa shape index (κ2) is 35.0. The lowest BCUT2D eigenvalue weighted by Gasteiger charge is -2.21. The standard InChI is InChI=1S/C39H77NO4/c1-3-5-7-9-11-13-14-15-16-17-18-19-20-21-22-23-24-25-26-28-29-31-33-37(42)36(35-41)40-39(44)38(43)34-32-30-27-12-10-8-6-4-2/h31,33,36-38,41-43H,3-30,32,34-35H2,1-2H3,(H,40,44)/b33-31+. The zero-order valence-electron chi connectivity index (χ0n) is 29.6. The summed E-state index contributed by atoms with van der Waals surface area (Å²) < 4.78 is 0. The molecule has 0 saturated heterocycles. The average Bonchev–Trinajstić information content (AvgIpc) is 3.03. The lowest BCUT2D eigenvalue weighted by molar-refractivity contribution is -0.131. The van der Waals surface area contributed by atoms with E-state index >= 15 is 0 Å². The Morgan fingerprint density at radius 2 is 0.886 bits per heavy atom. The number of amides is 1. The maximum absolute atomic E-state index is 12.3. The molecule has 5 nitrogen and oxygen atoms in total. The minimum atomic E-state index is -1.09. The number of rotatable bonds is 35. The molecule has 3 unspecified atom stereocenters. The third-order valence-electron chi connectivity index (χ3n) is 9.13. The van der Waals surface area contributed by atoms with Gasteiger partial charge in [0.2, 0.25) is 5.91 Å². The second-order valence-corrected chi connectivity index (χ2v) is 13.5. The fraction of sp³-hybridized carbons (Fsp3) is 0.923. The number of hydrogen-bond acceptors (Lipinski definition) is 4. The third-order valence-corrected chi connectivity index (χ3v) is 9.13. The van der Waals surface area contributed by atoms with Crippen LogP contribution in [0.25, 0.3) is 0 Å². The van der Waals surface area contributed by atoms with Crippen LogP contribution in [0, 0.1) is 0 Å². The zero-order chi connectivity index (χ0) is 32.4. The summed E-state index contributed by atoms with van der Waals surface area (Å²) in [5, 5.41) is 32.8. The van der Waals surface area contributed by atoms with Gasteiger partial charge in [-0.15, -0.1) is 0 Å². The van der Waals surface area contributed by atoms with Crippen LogP contribution >= 0.6 is 0 Å². The Morgan fingerprint density at radius 3 is 1.25 bits per heavy atom. The van der Waals surface area contributed by atoms with E-state index in [0.29, 0.717) is 6.42 Å². The van der Waals surface area contributed by atoms with Crippen molar-refractivity contribution in [1.82, 2.24) is 5.32 Å². The van der Waals surface area contributed by atoms with Gasteiger partial charge in [-0.05, 0) is 19.3 Å². The molecular weight excluding hydrogens is 546 g/mol. The minimum Gasteiger partial charge on any atom is -0.394 e. The van der Waals surface area contributed by atoms with Crippen LogP contribution in [0.2, 0.25) is 0 Å². The molecule has 0 aliphatic carbocycles. The van der Waals surface area contributed by atoms with Crippen LogP contribution < -0.4 is 5.32 Å². The summed E-state index contributed by atoms with van der Waals surface area (Å²) in [7, 11) is 0. The molecule has 0 fully saturated rings. The topological polar surface area (TPSA) is 89.8 Å². The summed E-state index contributed by atoms with van der Waals surface area (Å²) in [4.78, 5) is 12.3. The van der Waals surface area contributed by atoms with Crippen molar-refractivity contribution in [3.8, 4) is 0 Å². The lowest BCUT2D eigenvalue weighted by Crippen LogP contribution is -2.48. The van der Waals surface area contributed by atoms with E-state index < -0.39 is 24.2 Å². The predicted molar refractivity (Wildman–Crippen MR) is 190 cm³/mol. The van der Waals surface area contributed by atoms with Gasteiger partial charge in [0.25, 0.3) is 0 Å². The fourth-order valence-electron chi connectivity index (χ4n) is 6.01. The summed E-state index contributed by atoms with van der Waals surface area (Å²) in [5.41, 5.74) is 0. The molecule has 3 atom stereocenters. The first-order chi connectivity index (χ1) is 21.6. The molecular formula is C39H77NO4. The van der Waals surface area contributed by atoms with Crippen LogP contribution in [0.15, 0.2) is 12.2 Å². The van der Waals surface area contributed by atoms with E-state index in [0.717, 1.165) is 32.1 Å². The smallest absolute Gasteiger partial charge is 0.249 e. The van der Waals surface area contributed by atoms with Crippen LogP contribution in [-0.4, -0.2) is 46.1 Å². The molecule has 0 aromatic carbocycles. The highest BCUT2D eigenvalue weighted by Crippen LogP contribution is 2.15. The Balaban J connectivity index is 3.61. The molecule has 262 valence electrons. The third kappa shape index (κ3) is 29.8. The monoisotopic (exact) mass is 624 g/mol. The van der Waals surface area contributed by atoms with Crippen molar-refractivity contribution in [2.24, 2.45) is 0 Å². The van der Waals surface area contributed by atoms with Gasteiger partial charge in [0.1, 0.15) is 6.10 Å². The molecule has 0 aliphatic rings. The van der Waals surface area contributed by atoms with Crippen LogP contribution in [-0.2, 0) is 4.79 Å². The Morgan fingerprint density at radius 1 is 0.545 bits per heavy atom. The fourth-order valence-corrected chi connectivity index (χ4v) is 6.01. The quantitative estimate of drug-likeness (QED) is 0.0418. The van der Waals surface area contributed by atoms with Crippen molar-refractivity contribution < 1.29 is 20.1 Å². The van der Waals surface area contributed by atoms with E-state index in [1.165, 1.54) is 154 Å². The average molecular weight is 624 g/mol. The molecule has 5 heteroatoms. The van der Waals surface area contributed by atoms with Gasteiger partial charge < -0.3 is 20.6 Å². The number of allylic oxidation sites excluding steroid dienone is 1. The highest BCUT2D eigenvalue weighted by atomic mass is 16.3. The van der Waals surface area contributed by atoms with Crippen molar-refractivity contribution in [3.63, 3.8) is 0 Å². The minimum absolute atomic E-state index is 0.360. The van der Waals surface area contributed by atoms with Gasteiger partial charge in [0, 0.05) is 0 Å². The van der Waals surface area contributed by atoms with Crippen LogP contribution in [0.3, 0.4) is 0 Å². The molecule has 0 bridgehead atoms. The predicted octanol–water partition coefficient (Wildman–Crippen LogP) is 10.5. The van der Waals surface area contributed by atoms with Crippen molar-refractivity contribution in [3.05, 3.63) is 12.2 Å². The molecule has 0 rings (SSSR count). The zero-order valence-corrected chi connectivity index (χ0v) is 29.6. The molecule has 0 heterocycles. The molecule has 44 heavy (non-hydrogen) atoms. The lowest BCUT2D eigenvalue weighted by atomic mass is 10.0. The Labute approximate surface area is 274 Å². The number of aliphatic hydroxyl groups is 3.